The van der Waals surface area contributed by atoms with Gasteiger partial charge in [-0.15, -0.1) is 0 Å². The normalized spacial score (nSPS) is 10.7. The highest BCUT2D eigenvalue weighted by atomic mass is 79.9. The zero-order valence-electron chi connectivity index (χ0n) is 10.4. The smallest absolute Gasteiger partial charge is 0.324 e. The molecule has 1 aromatic carbocycles. The third-order valence-electron chi connectivity index (χ3n) is 2.87. The van der Waals surface area contributed by atoms with Gasteiger partial charge in [0.1, 0.15) is 5.69 Å². The van der Waals surface area contributed by atoms with E-state index < -0.39 is 4.92 Å². The van der Waals surface area contributed by atoms with E-state index in [-0.39, 0.29) is 10.9 Å². The molecule has 2 aromatic heterocycles. The fourth-order valence-corrected chi connectivity index (χ4v) is 3.24. The van der Waals surface area contributed by atoms with E-state index in [9.17, 15) is 10.1 Å². The van der Waals surface area contributed by atoms with Gasteiger partial charge < -0.3 is 10.3 Å². The zero-order valence-corrected chi connectivity index (χ0v) is 12.8. The number of thiophene rings is 1. The molecule has 0 fully saturated rings. The van der Waals surface area contributed by atoms with Crippen LogP contribution in [-0.4, -0.2) is 10.1 Å². The molecule has 0 atom stereocenters. The van der Waals surface area contributed by atoms with Crippen LogP contribution in [0.4, 0.5) is 10.9 Å². The van der Waals surface area contributed by atoms with Crippen LogP contribution in [0.25, 0.3) is 21.7 Å². The molecule has 0 unspecified atom stereocenters. The number of aromatic nitrogens is 1. The first-order valence-electron chi connectivity index (χ1n) is 5.82. The Labute approximate surface area is 131 Å². The predicted octanol–water partition coefficient (Wildman–Crippen LogP) is 4.32. The van der Waals surface area contributed by atoms with Crippen LogP contribution in [0.5, 0.6) is 0 Å². The standard InChI is InChI=1S/C13H8BrN3O3S/c14-8-4-2-1-3-7(8)11-12(16-20-13(11)15)9-5-6-10(21-9)17(18)19/h1-6H,15H2. The van der Waals surface area contributed by atoms with Crippen LogP contribution in [0, 0.1) is 10.1 Å². The molecule has 0 aliphatic rings. The summed E-state index contributed by atoms with van der Waals surface area (Å²) in [6.07, 6.45) is 0. The quantitative estimate of drug-likeness (QED) is 0.550. The number of nitrogens with zero attached hydrogens (tertiary/aromatic N) is 2. The third kappa shape index (κ3) is 2.43. The fraction of sp³-hybridized carbons (Fsp3) is 0. The van der Waals surface area contributed by atoms with Gasteiger partial charge in [0, 0.05) is 16.1 Å². The van der Waals surface area contributed by atoms with Crippen LogP contribution >= 0.6 is 27.3 Å². The summed E-state index contributed by atoms with van der Waals surface area (Å²) in [7, 11) is 0. The molecule has 0 saturated heterocycles. The summed E-state index contributed by atoms with van der Waals surface area (Å²) in [6, 6.07) is 10.6. The molecule has 2 heterocycles. The van der Waals surface area contributed by atoms with Crippen molar-refractivity contribution in [3.8, 4) is 21.7 Å². The van der Waals surface area contributed by atoms with Gasteiger partial charge in [0.25, 0.3) is 0 Å². The summed E-state index contributed by atoms with van der Waals surface area (Å²) in [5.74, 6) is 0.174. The largest absolute Gasteiger partial charge is 0.367 e. The van der Waals surface area contributed by atoms with Crippen molar-refractivity contribution in [1.82, 2.24) is 5.16 Å². The topological polar surface area (TPSA) is 95.2 Å². The molecule has 0 amide bonds. The van der Waals surface area contributed by atoms with E-state index in [1.807, 2.05) is 24.3 Å². The SMILES string of the molecule is Nc1onc(-c2ccc([N+](=O)[O-])s2)c1-c1ccccc1Br. The first-order chi connectivity index (χ1) is 10.1. The minimum absolute atomic E-state index is 0.0460. The lowest BCUT2D eigenvalue weighted by Gasteiger charge is -2.03. The zero-order chi connectivity index (χ0) is 15.0. The average molecular weight is 366 g/mol. The van der Waals surface area contributed by atoms with Gasteiger partial charge in [-0.1, -0.05) is 50.6 Å². The molecule has 106 valence electrons. The van der Waals surface area contributed by atoms with E-state index >= 15 is 0 Å². The molecule has 0 saturated carbocycles. The summed E-state index contributed by atoms with van der Waals surface area (Å²) in [4.78, 5) is 11.0. The fourth-order valence-electron chi connectivity index (χ4n) is 1.95. The second-order valence-corrected chi connectivity index (χ2v) is 6.06. The molecule has 3 rings (SSSR count). The number of hydrogen-bond donors (Lipinski definition) is 1. The Morgan fingerprint density at radius 3 is 2.71 bits per heavy atom. The van der Waals surface area contributed by atoms with E-state index in [2.05, 4.69) is 21.1 Å². The Hall–Kier alpha value is -2.19. The predicted molar refractivity (Wildman–Crippen MR) is 84.0 cm³/mol. The molecule has 8 heteroatoms. The van der Waals surface area contributed by atoms with Gasteiger partial charge in [0.05, 0.1) is 15.4 Å². The molecule has 0 spiro atoms. The van der Waals surface area contributed by atoms with Gasteiger partial charge in [-0.05, 0) is 12.1 Å². The average Bonchev–Trinajstić information content (AvgIpc) is 3.06. The first-order valence-corrected chi connectivity index (χ1v) is 7.43. The summed E-state index contributed by atoms with van der Waals surface area (Å²) < 4.78 is 5.91. The van der Waals surface area contributed by atoms with Crippen molar-refractivity contribution in [2.75, 3.05) is 5.73 Å². The summed E-state index contributed by atoms with van der Waals surface area (Å²) in [5.41, 5.74) is 7.81. The maximum atomic E-state index is 10.8. The Kier molecular flexibility index (Phi) is 3.48. The van der Waals surface area contributed by atoms with Crippen LogP contribution in [0.3, 0.4) is 0 Å². The Morgan fingerprint density at radius 1 is 1.29 bits per heavy atom. The monoisotopic (exact) mass is 365 g/mol. The summed E-state index contributed by atoms with van der Waals surface area (Å²) in [6.45, 7) is 0. The van der Waals surface area contributed by atoms with Crippen LogP contribution < -0.4 is 5.73 Å². The Morgan fingerprint density at radius 2 is 2.05 bits per heavy atom. The van der Waals surface area contributed by atoms with Crippen LogP contribution in [-0.2, 0) is 0 Å². The lowest BCUT2D eigenvalue weighted by Crippen LogP contribution is -1.87. The molecular formula is C13H8BrN3O3S. The lowest BCUT2D eigenvalue weighted by atomic mass is 10.1. The van der Waals surface area contributed by atoms with Gasteiger partial charge >= 0.3 is 5.00 Å². The van der Waals surface area contributed by atoms with Crippen molar-refractivity contribution in [1.29, 1.82) is 0 Å². The number of anilines is 1. The van der Waals surface area contributed by atoms with E-state index in [0.29, 0.717) is 16.1 Å². The van der Waals surface area contributed by atoms with Gasteiger partial charge in [-0.2, -0.15) is 0 Å². The molecule has 3 aromatic rings. The number of benzene rings is 1. The number of hydrogen-bond acceptors (Lipinski definition) is 6. The van der Waals surface area contributed by atoms with E-state index in [4.69, 9.17) is 10.3 Å². The molecule has 6 nitrogen and oxygen atoms in total. The number of halogens is 1. The van der Waals surface area contributed by atoms with Crippen molar-refractivity contribution in [3.05, 3.63) is 51.0 Å². The second kappa shape index (κ2) is 5.30. The number of nitrogen functional groups attached to an aromatic ring is 1. The first kappa shape index (κ1) is 13.8. The summed E-state index contributed by atoms with van der Waals surface area (Å²) >= 11 is 4.49. The van der Waals surface area contributed by atoms with E-state index in [1.54, 1.807) is 6.07 Å². The van der Waals surface area contributed by atoms with Gasteiger partial charge in [-0.3, -0.25) is 10.1 Å². The molecule has 0 bridgehead atoms. The lowest BCUT2D eigenvalue weighted by molar-refractivity contribution is -0.380. The summed E-state index contributed by atoms with van der Waals surface area (Å²) in [5, 5.41) is 14.8. The molecule has 0 aliphatic carbocycles. The van der Waals surface area contributed by atoms with Crippen LogP contribution in [0.2, 0.25) is 0 Å². The minimum Gasteiger partial charge on any atom is -0.367 e. The maximum absolute atomic E-state index is 10.8. The van der Waals surface area contributed by atoms with Crippen molar-refractivity contribution in [2.45, 2.75) is 0 Å². The Bertz CT molecular complexity index is 828. The minimum atomic E-state index is -0.435. The number of nitro groups is 1. The van der Waals surface area contributed by atoms with Gasteiger partial charge in [-0.25, -0.2) is 0 Å². The van der Waals surface area contributed by atoms with Gasteiger partial charge in [0.15, 0.2) is 0 Å². The number of rotatable bonds is 3. The highest BCUT2D eigenvalue weighted by molar-refractivity contribution is 9.10. The maximum Gasteiger partial charge on any atom is 0.324 e. The molecule has 2 N–H and O–H groups in total. The second-order valence-electron chi connectivity index (χ2n) is 4.15. The third-order valence-corrected chi connectivity index (χ3v) is 4.60. The van der Waals surface area contributed by atoms with Crippen molar-refractivity contribution >= 4 is 38.2 Å². The molecular weight excluding hydrogens is 358 g/mol. The molecule has 0 aliphatic heterocycles. The van der Waals surface area contributed by atoms with E-state index in [1.165, 1.54) is 6.07 Å². The van der Waals surface area contributed by atoms with Gasteiger partial charge in [0.2, 0.25) is 5.88 Å². The van der Waals surface area contributed by atoms with Crippen LogP contribution in [0.15, 0.2) is 45.4 Å². The molecule has 21 heavy (non-hydrogen) atoms. The Balaban J connectivity index is 2.17. The van der Waals surface area contributed by atoms with Crippen molar-refractivity contribution < 1.29 is 9.45 Å². The number of nitrogens with two attached hydrogens (primary N) is 1. The molecule has 0 radical (unpaired) electrons. The van der Waals surface area contributed by atoms with E-state index in [0.717, 1.165) is 21.4 Å². The highest BCUT2D eigenvalue weighted by Crippen LogP contribution is 2.42. The highest BCUT2D eigenvalue weighted by Gasteiger charge is 2.22. The van der Waals surface area contributed by atoms with Crippen molar-refractivity contribution in [2.24, 2.45) is 0 Å². The van der Waals surface area contributed by atoms with Crippen LogP contribution in [0.1, 0.15) is 0 Å². The van der Waals surface area contributed by atoms with Crippen molar-refractivity contribution in [3.63, 3.8) is 0 Å².